The topological polar surface area (TPSA) is 74.0 Å². The lowest BCUT2D eigenvalue weighted by Crippen LogP contribution is -2.20. The number of fused-ring (bicyclic) bond motifs is 8. The summed E-state index contributed by atoms with van der Waals surface area (Å²) < 4.78 is 0. The van der Waals surface area contributed by atoms with Gasteiger partial charge in [-0.1, -0.05) is 68.7 Å². The van der Waals surface area contributed by atoms with Crippen molar-refractivity contribution in [3.8, 4) is 0 Å². The van der Waals surface area contributed by atoms with Gasteiger partial charge in [0.2, 0.25) is 0 Å². The Labute approximate surface area is 184 Å². The summed E-state index contributed by atoms with van der Waals surface area (Å²) in [6.45, 7) is 6.00. The summed E-state index contributed by atoms with van der Waals surface area (Å²) in [5.41, 5.74) is 4.78. The summed E-state index contributed by atoms with van der Waals surface area (Å²) in [6, 6.07) is 10.2. The Morgan fingerprint density at radius 3 is 2.30 bits per heavy atom. The van der Waals surface area contributed by atoms with Gasteiger partial charge in [-0.25, -0.2) is 0 Å². The first-order valence-electron chi connectivity index (χ1n) is 9.93. The van der Waals surface area contributed by atoms with Gasteiger partial charge in [0.05, 0.1) is 22.2 Å². The van der Waals surface area contributed by atoms with Gasteiger partial charge in [-0.05, 0) is 17.8 Å². The molecule has 0 radical (unpaired) electrons. The molecule has 1 aromatic heterocycles. The van der Waals surface area contributed by atoms with Crippen LogP contribution in [0.2, 0.25) is 0 Å². The minimum absolute atomic E-state index is 0.329. The fourth-order valence-electron chi connectivity index (χ4n) is 4.33. The highest BCUT2D eigenvalue weighted by molar-refractivity contribution is 9.10. The molecule has 1 unspecified atom stereocenters. The number of rotatable bonds is 3. The maximum Gasteiger partial charge on any atom is 0.259 e. The normalized spacial score (nSPS) is 13.2. The molecule has 1 atom stereocenters. The molecule has 3 N–H and O–H groups in total. The van der Waals surface area contributed by atoms with Crippen molar-refractivity contribution in [3.05, 3.63) is 47.0 Å². The summed E-state index contributed by atoms with van der Waals surface area (Å²) >= 11 is 3.53. The molecule has 0 saturated carbocycles. The average molecular weight is 484 g/mol. The fourth-order valence-corrected chi connectivity index (χ4v) is 5.97. The Balaban J connectivity index is 0.00000106. The first kappa shape index (κ1) is 20.8. The van der Waals surface area contributed by atoms with E-state index in [-0.39, 0.29) is 11.8 Å². The van der Waals surface area contributed by atoms with Crippen molar-refractivity contribution in [2.75, 3.05) is 17.4 Å². The molecule has 5 rings (SSSR count). The molecule has 30 heavy (non-hydrogen) atoms. The molecule has 1 aliphatic rings. The Hall–Kier alpha value is -2.43. The molecule has 0 fully saturated rings. The monoisotopic (exact) mass is 483 g/mol. The minimum atomic E-state index is -0.332. The molecule has 0 saturated heterocycles. The number of hydrogen-bond donors (Lipinski definition) is 3. The van der Waals surface area contributed by atoms with E-state index in [4.69, 9.17) is 0 Å². The van der Waals surface area contributed by atoms with Crippen LogP contribution in [0.5, 0.6) is 0 Å². The Morgan fingerprint density at radius 2 is 1.63 bits per heavy atom. The molecule has 154 valence electrons. The number of aromatic amines is 1. The number of anilines is 1. The van der Waals surface area contributed by atoms with Crippen molar-refractivity contribution in [3.63, 3.8) is 0 Å². The van der Waals surface area contributed by atoms with Gasteiger partial charge in [0.1, 0.15) is 0 Å². The van der Waals surface area contributed by atoms with E-state index in [1.54, 1.807) is 0 Å². The maximum absolute atomic E-state index is 12.8. The van der Waals surface area contributed by atoms with Crippen molar-refractivity contribution in [1.29, 1.82) is 0 Å². The summed E-state index contributed by atoms with van der Waals surface area (Å²) in [5.74, 6) is -0.661. The van der Waals surface area contributed by atoms with Crippen LogP contribution in [0.3, 0.4) is 0 Å². The van der Waals surface area contributed by atoms with Crippen LogP contribution in [0.1, 0.15) is 40.1 Å². The van der Waals surface area contributed by atoms with Crippen LogP contribution < -0.4 is 15.9 Å². The lowest BCUT2D eigenvalue weighted by Gasteiger charge is -2.13. The van der Waals surface area contributed by atoms with E-state index in [2.05, 4.69) is 37.6 Å². The number of halogens is 1. The number of aryl methyl sites for hydroxylation is 1. The number of benzene rings is 3. The second kappa shape index (κ2) is 8.01. The molecule has 5 nitrogen and oxygen atoms in total. The number of imide groups is 1. The largest absolute Gasteiger partial charge is 0.387 e. The number of aromatic nitrogens is 1. The molecule has 3 aromatic carbocycles. The van der Waals surface area contributed by atoms with Crippen LogP contribution in [-0.2, 0) is 0 Å². The van der Waals surface area contributed by atoms with E-state index in [0.29, 0.717) is 19.7 Å². The van der Waals surface area contributed by atoms with Crippen LogP contribution in [0.25, 0.3) is 32.6 Å². The fraction of sp³-hybridized carbons (Fsp3) is 0.217. The molecular weight excluding hydrogens is 461 g/mol. The first-order chi connectivity index (χ1) is 14.6. The van der Waals surface area contributed by atoms with Gasteiger partial charge >= 0.3 is 0 Å². The van der Waals surface area contributed by atoms with Crippen molar-refractivity contribution >= 4 is 79.9 Å². The number of para-hydroxylation sites is 1. The standard InChI is InChI=1S/C21H17BrN3O2P.C2H6/c1-9-6-7-11-13(17(9)23-2)15-16(21(27)25-20(15)26)14-10-4-3-5-12(28-8-22)18(10)24-19(11)14;1-2/h3-7,23-24,28H,8H2,1-2H3,(H,25,26,27);1-2H3. The van der Waals surface area contributed by atoms with Crippen LogP contribution in [0.15, 0.2) is 30.3 Å². The van der Waals surface area contributed by atoms with Crippen LogP contribution in [0.4, 0.5) is 5.69 Å². The smallest absolute Gasteiger partial charge is 0.259 e. The molecule has 4 aromatic rings. The van der Waals surface area contributed by atoms with Gasteiger partial charge in [0.15, 0.2) is 0 Å². The first-order valence-corrected chi connectivity index (χ1v) is 12.3. The van der Waals surface area contributed by atoms with Crippen molar-refractivity contribution in [2.45, 2.75) is 20.8 Å². The zero-order chi connectivity index (χ0) is 21.6. The van der Waals surface area contributed by atoms with E-state index in [1.165, 1.54) is 5.30 Å². The van der Waals surface area contributed by atoms with Gasteiger partial charge in [-0.3, -0.25) is 14.9 Å². The van der Waals surface area contributed by atoms with E-state index < -0.39 is 0 Å². The summed E-state index contributed by atoms with van der Waals surface area (Å²) in [4.78, 5) is 29.1. The number of H-pyrrole nitrogens is 1. The Kier molecular flexibility index (Phi) is 5.56. The average Bonchev–Trinajstić information content (AvgIpc) is 3.27. The predicted octanol–water partition coefficient (Wildman–Crippen LogP) is 5.39. The lowest BCUT2D eigenvalue weighted by atomic mass is 9.92. The third-order valence-corrected chi connectivity index (χ3v) is 7.23. The van der Waals surface area contributed by atoms with Crippen LogP contribution >= 0.6 is 24.5 Å². The van der Waals surface area contributed by atoms with Crippen LogP contribution in [0, 0.1) is 6.92 Å². The van der Waals surface area contributed by atoms with Crippen molar-refractivity contribution < 1.29 is 9.59 Å². The summed E-state index contributed by atoms with van der Waals surface area (Å²) in [7, 11) is 2.44. The number of alkyl halides is 1. The molecule has 0 aliphatic carbocycles. The van der Waals surface area contributed by atoms with Gasteiger partial charge in [0.25, 0.3) is 11.8 Å². The van der Waals surface area contributed by atoms with Crippen molar-refractivity contribution in [1.82, 2.24) is 10.3 Å². The van der Waals surface area contributed by atoms with E-state index in [1.807, 2.05) is 52.1 Å². The molecule has 1 aliphatic heterocycles. The third kappa shape index (κ3) is 2.85. The molecule has 2 amide bonds. The predicted molar refractivity (Wildman–Crippen MR) is 132 cm³/mol. The molecular formula is C23H23BrN3O2P. The molecule has 2 heterocycles. The highest BCUT2D eigenvalue weighted by atomic mass is 79.9. The second-order valence-electron chi connectivity index (χ2n) is 6.88. The minimum Gasteiger partial charge on any atom is -0.387 e. The van der Waals surface area contributed by atoms with Gasteiger partial charge in [-0.15, -0.1) is 0 Å². The van der Waals surface area contributed by atoms with Gasteiger partial charge in [-0.2, -0.15) is 0 Å². The number of nitrogens with one attached hydrogen (secondary N) is 3. The second-order valence-corrected chi connectivity index (χ2v) is 9.72. The van der Waals surface area contributed by atoms with E-state index in [0.717, 1.165) is 48.9 Å². The van der Waals surface area contributed by atoms with Crippen LogP contribution in [-0.4, -0.2) is 28.9 Å². The quantitative estimate of drug-likeness (QED) is 0.207. The summed E-state index contributed by atoms with van der Waals surface area (Å²) in [5, 5.41) is 11.4. The SMILES string of the molecule is CC.CNc1c(C)ccc2c1c1c(c3c4cccc(PCBr)c4[nH]c23)C(=O)NC1=O. The zero-order valence-electron chi connectivity index (χ0n) is 17.3. The van der Waals surface area contributed by atoms with E-state index >= 15 is 0 Å². The zero-order valence-corrected chi connectivity index (χ0v) is 19.9. The van der Waals surface area contributed by atoms with E-state index in [9.17, 15) is 9.59 Å². The summed E-state index contributed by atoms with van der Waals surface area (Å²) in [6.07, 6.45) is 0. The number of amides is 2. The highest BCUT2D eigenvalue weighted by Gasteiger charge is 2.34. The highest BCUT2D eigenvalue weighted by Crippen LogP contribution is 2.42. The van der Waals surface area contributed by atoms with Gasteiger partial charge < -0.3 is 10.3 Å². The van der Waals surface area contributed by atoms with Gasteiger partial charge in [0, 0.05) is 39.4 Å². The molecule has 0 bridgehead atoms. The Morgan fingerprint density at radius 1 is 0.967 bits per heavy atom. The number of carbonyl (C=O) groups excluding carboxylic acids is 2. The third-order valence-electron chi connectivity index (χ3n) is 5.46. The lowest BCUT2D eigenvalue weighted by molar-refractivity contribution is 0.0880. The molecule has 0 spiro atoms. The maximum atomic E-state index is 12.8. The molecule has 7 heteroatoms. The number of carbonyl (C=O) groups is 2. The van der Waals surface area contributed by atoms with Crippen molar-refractivity contribution in [2.24, 2.45) is 0 Å². The number of hydrogen-bond acceptors (Lipinski definition) is 3. The Bertz CT molecular complexity index is 1340.